The molecule has 0 aromatic heterocycles. The van der Waals surface area contributed by atoms with Crippen LogP contribution in [-0.2, 0) is 4.79 Å². The summed E-state index contributed by atoms with van der Waals surface area (Å²) in [6.07, 6.45) is 4.42. The number of nitrogens with zero attached hydrogens (tertiary/aromatic N) is 2. The Kier molecular flexibility index (Phi) is 4.79. The summed E-state index contributed by atoms with van der Waals surface area (Å²) in [7, 11) is 0. The van der Waals surface area contributed by atoms with Gasteiger partial charge in [-0.15, -0.1) is 0 Å². The zero-order valence-corrected chi connectivity index (χ0v) is 13.5. The summed E-state index contributed by atoms with van der Waals surface area (Å²) in [4.78, 5) is 27.4. The quantitative estimate of drug-likeness (QED) is 0.809. The SMILES string of the molecule is CC(C)(C)C1CCN(C(=O)N2CCCCC2C(=O)O)CC1. The van der Waals surface area contributed by atoms with Crippen LogP contribution in [0.2, 0.25) is 0 Å². The third-order valence-electron chi connectivity index (χ3n) is 5.02. The molecule has 2 aliphatic rings. The van der Waals surface area contributed by atoms with E-state index in [1.165, 1.54) is 0 Å². The molecule has 0 spiro atoms. The summed E-state index contributed by atoms with van der Waals surface area (Å²) in [6, 6.07) is -0.707. The molecule has 0 saturated carbocycles. The third kappa shape index (κ3) is 3.69. The van der Waals surface area contributed by atoms with E-state index in [2.05, 4.69) is 20.8 Å². The number of hydrogen-bond acceptors (Lipinski definition) is 2. The third-order valence-corrected chi connectivity index (χ3v) is 5.02. The highest BCUT2D eigenvalue weighted by atomic mass is 16.4. The lowest BCUT2D eigenvalue weighted by molar-refractivity contribution is -0.143. The van der Waals surface area contributed by atoms with Crippen LogP contribution >= 0.6 is 0 Å². The molecule has 0 radical (unpaired) electrons. The predicted octanol–water partition coefficient (Wildman–Crippen LogP) is 2.80. The van der Waals surface area contributed by atoms with Crippen molar-refractivity contribution in [1.82, 2.24) is 9.80 Å². The van der Waals surface area contributed by atoms with Gasteiger partial charge in [-0.05, 0) is 43.4 Å². The van der Waals surface area contributed by atoms with Crippen molar-refractivity contribution in [1.29, 1.82) is 0 Å². The van der Waals surface area contributed by atoms with Crippen molar-refractivity contribution < 1.29 is 14.7 Å². The number of rotatable bonds is 1. The number of carboxylic acids is 1. The van der Waals surface area contributed by atoms with E-state index in [1.807, 2.05) is 4.90 Å². The maximum absolute atomic E-state index is 12.6. The molecule has 120 valence electrons. The fourth-order valence-electron chi connectivity index (χ4n) is 3.54. The lowest BCUT2D eigenvalue weighted by atomic mass is 9.75. The van der Waals surface area contributed by atoms with Crippen molar-refractivity contribution in [3.63, 3.8) is 0 Å². The largest absolute Gasteiger partial charge is 0.480 e. The number of carbonyl (C=O) groups excluding carboxylic acids is 1. The van der Waals surface area contributed by atoms with Crippen molar-refractivity contribution in [2.45, 2.75) is 58.9 Å². The number of piperidine rings is 2. The number of carbonyl (C=O) groups is 2. The molecular weight excluding hydrogens is 268 g/mol. The number of hydrogen-bond donors (Lipinski definition) is 1. The zero-order chi connectivity index (χ0) is 15.6. The monoisotopic (exact) mass is 296 g/mol. The topological polar surface area (TPSA) is 60.9 Å². The van der Waals surface area contributed by atoms with Gasteiger partial charge in [-0.1, -0.05) is 20.8 Å². The van der Waals surface area contributed by atoms with Crippen LogP contribution in [0, 0.1) is 11.3 Å². The Morgan fingerprint density at radius 3 is 2.14 bits per heavy atom. The highest BCUT2D eigenvalue weighted by Crippen LogP contribution is 2.34. The molecule has 5 heteroatoms. The molecule has 5 nitrogen and oxygen atoms in total. The Balaban J connectivity index is 1.96. The summed E-state index contributed by atoms with van der Waals surface area (Å²) in [5.74, 6) is -0.231. The van der Waals surface area contributed by atoms with Gasteiger partial charge in [0.25, 0.3) is 0 Å². The minimum Gasteiger partial charge on any atom is -0.480 e. The van der Waals surface area contributed by atoms with E-state index < -0.39 is 12.0 Å². The molecule has 2 heterocycles. The van der Waals surface area contributed by atoms with Gasteiger partial charge in [-0.25, -0.2) is 9.59 Å². The van der Waals surface area contributed by atoms with Gasteiger partial charge >= 0.3 is 12.0 Å². The summed E-state index contributed by atoms with van der Waals surface area (Å²) >= 11 is 0. The van der Waals surface area contributed by atoms with Crippen LogP contribution in [-0.4, -0.2) is 52.6 Å². The fourth-order valence-corrected chi connectivity index (χ4v) is 3.54. The van der Waals surface area contributed by atoms with Gasteiger partial charge in [0.15, 0.2) is 0 Å². The first-order chi connectivity index (χ1) is 9.80. The Bertz CT molecular complexity index is 395. The Hall–Kier alpha value is -1.26. The lowest BCUT2D eigenvalue weighted by Gasteiger charge is -2.42. The summed E-state index contributed by atoms with van der Waals surface area (Å²) in [5, 5.41) is 9.29. The average Bonchev–Trinajstić information content (AvgIpc) is 2.45. The van der Waals surface area contributed by atoms with Crippen molar-refractivity contribution in [2.75, 3.05) is 19.6 Å². The smallest absolute Gasteiger partial charge is 0.326 e. The Morgan fingerprint density at radius 2 is 1.62 bits per heavy atom. The molecule has 2 fully saturated rings. The second-order valence-electron chi connectivity index (χ2n) is 7.45. The number of urea groups is 1. The lowest BCUT2D eigenvalue weighted by Crippen LogP contribution is -2.54. The van der Waals surface area contributed by atoms with Gasteiger partial charge < -0.3 is 14.9 Å². The van der Waals surface area contributed by atoms with Crippen molar-refractivity contribution in [3.8, 4) is 0 Å². The van der Waals surface area contributed by atoms with Crippen LogP contribution in [0.1, 0.15) is 52.9 Å². The number of carboxylic acid groups (broad SMARTS) is 1. The maximum Gasteiger partial charge on any atom is 0.326 e. The van der Waals surface area contributed by atoms with E-state index in [0.717, 1.165) is 38.8 Å². The van der Waals surface area contributed by atoms with Crippen LogP contribution in [0.4, 0.5) is 4.79 Å². The molecule has 21 heavy (non-hydrogen) atoms. The molecule has 1 unspecified atom stereocenters. The minimum atomic E-state index is -0.868. The van der Waals surface area contributed by atoms with Crippen LogP contribution in [0.25, 0.3) is 0 Å². The van der Waals surface area contributed by atoms with E-state index in [0.29, 0.717) is 18.9 Å². The molecule has 0 aromatic carbocycles. The van der Waals surface area contributed by atoms with Gasteiger partial charge in [0.1, 0.15) is 6.04 Å². The standard InChI is InChI=1S/C16H28N2O3/c1-16(2,3)12-7-10-17(11-8-12)15(21)18-9-5-4-6-13(18)14(19)20/h12-13H,4-11H2,1-3H3,(H,19,20). The molecular formula is C16H28N2O3. The average molecular weight is 296 g/mol. The van der Waals surface area contributed by atoms with E-state index in [4.69, 9.17) is 0 Å². The van der Waals surface area contributed by atoms with E-state index in [-0.39, 0.29) is 11.4 Å². The molecule has 2 rings (SSSR count). The second-order valence-corrected chi connectivity index (χ2v) is 7.45. The molecule has 2 saturated heterocycles. The first-order valence-corrected chi connectivity index (χ1v) is 8.09. The molecule has 2 amide bonds. The molecule has 0 bridgehead atoms. The molecule has 0 aromatic rings. The van der Waals surface area contributed by atoms with Crippen molar-refractivity contribution in [3.05, 3.63) is 0 Å². The Labute approximate surface area is 127 Å². The second kappa shape index (κ2) is 6.24. The Morgan fingerprint density at radius 1 is 1.00 bits per heavy atom. The molecule has 1 N–H and O–H groups in total. The molecule has 1 atom stereocenters. The number of amides is 2. The highest BCUT2D eigenvalue weighted by molar-refractivity contribution is 5.83. The van der Waals surface area contributed by atoms with Gasteiger partial charge in [-0.2, -0.15) is 0 Å². The van der Waals surface area contributed by atoms with Gasteiger partial charge in [0.2, 0.25) is 0 Å². The summed E-state index contributed by atoms with van der Waals surface area (Å²) in [5.41, 5.74) is 0.282. The van der Waals surface area contributed by atoms with Crippen molar-refractivity contribution >= 4 is 12.0 Å². The predicted molar refractivity (Wildman–Crippen MR) is 81.1 cm³/mol. The normalized spacial score (nSPS) is 25.0. The van der Waals surface area contributed by atoms with E-state index in [1.54, 1.807) is 4.90 Å². The zero-order valence-electron chi connectivity index (χ0n) is 13.5. The van der Waals surface area contributed by atoms with Crippen LogP contribution in [0.5, 0.6) is 0 Å². The molecule has 2 aliphatic heterocycles. The van der Waals surface area contributed by atoms with E-state index >= 15 is 0 Å². The van der Waals surface area contributed by atoms with Gasteiger partial charge in [-0.3, -0.25) is 0 Å². The van der Waals surface area contributed by atoms with Gasteiger partial charge in [0.05, 0.1) is 0 Å². The first-order valence-electron chi connectivity index (χ1n) is 8.09. The van der Waals surface area contributed by atoms with Crippen LogP contribution in [0.3, 0.4) is 0 Å². The highest BCUT2D eigenvalue weighted by Gasteiger charge is 2.37. The van der Waals surface area contributed by atoms with Crippen molar-refractivity contribution in [2.24, 2.45) is 11.3 Å². The fraction of sp³-hybridized carbons (Fsp3) is 0.875. The molecule has 0 aliphatic carbocycles. The first kappa shape index (κ1) is 16.1. The van der Waals surface area contributed by atoms with Crippen LogP contribution in [0.15, 0.2) is 0 Å². The van der Waals surface area contributed by atoms with E-state index in [9.17, 15) is 14.7 Å². The number of aliphatic carboxylic acids is 1. The van der Waals surface area contributed by atoms with Crippen LogP contribution < -0.4 is 0 Å². The summed E-state index contributed by atoms with van der Waals surface area (Å²) in [6.45, 7) is 8.84. The number of likely N-dealkylation sites (tertiary alicyclic amines) is 2. The summed E-state index contributed by atoms with van der Waals surface area (Å²) < 4.78 is 0. The minimum absolute atomic E-state index is 0.0746. The maximum atomic E-state index is 12.6. The van der Waals surface area contributed by atoms with Gasteiger partial charge in [0, 0.05) is 19.6 Å².